The van der Waals surface area contributed by atoms with Crippen molar-refractivity contribution in [3.63, 3.8) is 0 Å². The number of ether oxygens (including phenoxy) is 1. The average Bonchev–Trinajstić information content (AvgIpc) is 2.51. The Morgan fingerprint density at radius 3 is 2.86 bits per heavy atom. The van der Waals surface area contributed by atoms with E-state index in [1.54, 1.807) is 0 Å². The molecule has 0 fully saturated rings. The van der Waals surface area contributed by atoms with E-state index < -0.39 is 18.6 Å². The fourth-order valence-electron chi connectivity index (χ4n) is 2.60. The highest BCUT2D eigenvalue weighted by atomic mass is 16.5. The van der Waals surface area contributed by atoms with Crippen molar-refractivity contribution in [2.75, 3.05) is 32.2 Å². The van der Waals surface area contributed by atoms with Gasteiger partial charge in [-0.3, -0.25) is 4.79 Å². The fraction of sp³-hybridized carbons (Fsp3) is 0.467. The third-order valence-electron chi connectivity index (χ3n) is 3.72. The van der Waals surface area contributed by atoms with Crippen molar-refractivity contribution in [1.82, 2.24) is 5.32 Å². The molecule has 21 heavy (non-hydrogen) atoms. The minimum Gasteiger partial charge on any atom is -0.467 e. The van der Waals surface area contributed by atoms with Crippen LogP contribution in [0.25, 0.3) is 0 Å². The second-order valence-electron chi connectivity index (χ2n) is 5.18. The molecule has 0 aliphatic carbocycles. The van der Waals surface area contributed by atoms with Gasteiger partial charge < -0.3 is 20.1 Å². The molecule has 0 saturated heterocycles. The number of methoxy groups -OCH3 is 1. The van der Waals surface area contributed by atoms with E-state index in [2.05, 4.69) is 10.1 Å². The molecule has 1 aromatic rings. The number of aliphatic hydroxyl groups excluding tert-OH is 1. The van der Waals surface area contributed by atoms with Crippen LogP contribution in [-0.2, 0) is 20.7 Å². The van der Waals surface area contributed by atoms with Crippen LogP contribution >= 0.6 is 0 Å². The predicted molar refractivity (Wildman–Crippen MR) is 77.9 cm³/mol. The summed E-state index contributed by atoms with van der Waals surface area (Å²) in [6.07, 6.45) is 0.617. The Kier molecular flexibility index (Phi) is 4.80. The van der Waals surface area contributed by atoms with E-state index in [0.29, 0.717) is 13.0 Å². The van der Waals surface area contributed by atoms with Gasteiger partial charge in [-0.15, -0.1) is 0 Å². The zero-order valence-corrected chi connectivity index (χ0v) is 12.2. The first-order valence-corrected chi connectivity index (χ1v) is 6.85. The van der Waals surface area contributed by atoms with Gasteiger partial charge in [0.05, 0.1) is 19.6 Å². The maximum atomic E-state index is 12.3. The topological polar surface area (TPSA) is 78.9 Å². The highest BCUT2D eigenvalue weighted by Gasteiger charge is 2.30. The lowest BCUT2D eigenvalue weighted by Gasteiger charge is -2.33. The number of amides is 1. The lowest BCUT2D eigenvalue weighted by atomic mass is 9.92. The summed E-state index contributed by atoms with van der Waals surface area (Å²) in [4.78, 5) is 25.7. The Labute approximate surface area is 123 Å². The number of hydrogen-bond acceptors (Lipinski definition) is 5. The van der Waals surface area contributed by atoms with Crippen molar-refractivity contribution in [1.29, 1.82) is 0 Å². The molecule has 2 rings (SSSR count). The van der Waals surface area contributed by atoms with Gasteiger partial charge in [0.25, 0.3) is 0 Å². The molecule has 0 spiro atoms. The number of anilines is 1. The summed E-state index contributed by atoms with van der Waals surface area (Å²) in [5.41, 5.74) is 2.22. The Morgan fingerprint density at radius 2 is 2.19 bits per heavy atom. The SMILES string of the molecule is COC(=O)[C@H](CO)NC(=O)[C@@H]1Cc2ccccc2N(C)C1. The third-order valence-corrected chi connectivity index (χ3v) is 3.72. The van der Waals surface area contributed by atoms with E-state index in [9.17, 15) is 9.59 Å². The second kappa shape index (κ2) is 6.58. The number of benzene rings is 1. The van der Waals surface area contributed by atoms with Gasteiger partial charge in [-0.1, -0.05) is 18.2 Å². The molecule has 0 aromatic heterocycles. The number of aliphatic hydroxyl groups is 1. The van der Waals surface area contributed by atoms with Crippen molar-refractivity contribution in [3.8, 4) is 0 Å². The van der Waals surface area contributed by atoms with Crippen molar-refractivity contribution >= 4 is 17.6 Å². The quantitative estimate of drug-likeness (QED) is 0.761. The van der Waals surface area contributed by atoms with Crippen LogP contribution in [0.5, 0.6) is 0 Å². The summed E-state index contributed by atoms with van der Waals surface area (Å²) in [7, 11) is 3.16. The molecule has 114 valence electrons. The van der Waals surface area contributed by atoms with Crippen molar-refractivity contribution in [2.24, 2.45) is 5.92 Å². The van der Waals surface area contributed by atoms with Gasteiger partial charge in [-0.05, 0) is 18.1 Å². The minimum atomic E-state index is -1.01. The highest BCUT2D eigenvalue weighted by molar-refractivity contribution is 5.87. The lowest BCUT2D eigenvalue weighted by molar-refractivity contribution is -0.146. The number of nitrogens with zero attached hydrogens (tertiary/aromatic N) is 1. The van der Waals surface area contributed by atoms with Crippen LogP contribution in [0, 0.1) is 5.92 Å². The fourth-order valence-corrected chi connectivity index (χ4v) is 2.60. The molecule has 1 amide bonds. The van der Waals surface area contributed by atoms with Crippen molar-refractivity contribution in [3.05, 3.63) is 29.8 Å². The van der Waals surface area contributed by atoms with Crippen molar-refractivity contribution < 1.29 is 19.4 Å². The normalized spacial score (nSPS) is 18.6. The molecular weight excluding hydrogens is 272 g/mol. The van der Waals surface area contributed by atoms with Crippen LogP contribution < -0.4 is 10.2 Å². The summed E-state index contributed by atoms with van der Waals surface area (Å²) in [6, 6.07) is 6.92. The van der Waals surface area contributed by atoms with E-state index in [-0.39, 0.29) is 11.8 Å². The van der Waals surface area contributed by atoms with Gasteiger partial charge in [0.15, 0.2) is 6.04 Å². The van der Waals surface area contributed by atoms with E-state index in [4.69, 9.17) is 5.11 Å². The summed E-state index contributed by atoms with van der Waals surface area (Å²) in [6.45, 7) is 0.0970. The molecule has 6 heteroatoms. The molecule has 2 atom stereocenters. The van der Waals surface area contributed by atoms with Crippen LogP contribution in [0.1, 0.15) is 5.56 Å². The summed E-state index contributed by atoms with van der Waals surface area (Å²) in [5.74, 6) is -1.15. The molecule has 0 unspecified atom stereocenters. The second-order valence-corrected chi connectivity index (χ2v) is 5.18. The summed E-state index contributed by atoms with van der Waals surface area (Å²) < 4.78 is 4.54. The molecule has 6 nitrogen and oxygen atoms in total. The molecule has 1 aliphatic rings. The Bertz CT molecular complexity index is 532. The standard InChI is InChI=1S/C15H20N2O4/c1-17-8-11(7-10-5-3-4-6-13(10)17)14(19)16-12(9-18)15(20)21-2/h3-6,11-12,18H,7-9H2,1-2H3,(H,16,19)/t11-,12+/m1/s1. The number of rotatable bonds is 4. The molecule has 1 aliphatic heterocycles. The first-order chi connectivity index (χ1) is 10.1. The molecule has 0 saturated carbocycles. The number of fused-ring (bicyclic) bond motifs is 1. The van der Waals surface area contributed by atoms with E-state index >= 15 is 0 Å². The van der Waals surface area contributed by atoms with E-state index in [0.717, 1.165) is 11.3 Å². The summed E-state index contributed by atoms with van der Waals surface area (Å²) in [5, 5.41) is 11.7. The van der Waals surface area contributed by atoms with Gasteiger partial charge >= 0.3 is 5.97 Å². The highest BCUT2D eigenvalue weighted by Crippen LogP contribution is 2.28. The Hall–Kier alpha value is -2.08. The Morgan fingerprint density at radius 1 is 1.48 bits per heavy atom. The van der Waals surface area contributed by atoms with Crippen LogP contribution in [0.4, 0.5) is 5.69 Å². The number of carbonyl (C=O) groups excluding carboxylic acids is 2. The zero-order valence-electron chi connectivity index (χ0n) is 12.2. The first kappa shape index (κ1) is 15.3. The number of carbonyl (C=O) groups is 2. The minimum absolute atomic E-state index is 0.249. The molecule has 1 aromatic carbocycles. The maximum absolute atomic E-state index is 12.3. The van der Waals surface area contributed by atoms with Crippen LogP contribution in [0.2, 0.25) is 0 Å². The molecule has 0 radical (unpaired) electrons. The molecule has 2 N–H and O–H groups in total. The zero-order chi connectivity index (χ0) is 15.4. The number of esters is 1. The Balaban J connectivity index is 2.06. The van der Waals surface area contributed by atoms with Gasteiger partial charge in [0.2, 0.25) is 5.91 Å². The van der Waals surface area contributed by atoms with Crippen molar-refractivity contribution in [2.45, 2.75) is 12.5 Å². The number of hydrogen-bond donors (Lipinski definition) is 2. The monoisotopic (exact) mass is 292 g/mol. The van der Waals surface area contributed by atoms with Crippen LogP contribution in [0.15, 0.2) is 24.3 Å². The van der Waals surface area contributed by atoms with Gasteiger partial charge in [-0.2, -0.15) is 0 Å². The molecule has 1 heterocycles. The van der Waals surface area contributed by atoms with Crippen LogP contribution in [-0.4, -0.2) is 50.3 Å². The van der Waals surface area contributed by atoms with Crippen LogP contribution in [0.3, 0.4) is 0 Å². The van der Waals surface area contributed by atoms with E-state index in [1.165, 1.54) is 7.11 Å². The smallest absolute Gasteiger partial charge is 0.330 e. The van der Waals surface area contributed by atoms with Gasteiger partial charge in [0.1, 0.15) is 0 Å². The van der Waals surface area contributed by atoms with Gasteiger partial charge in [0, 0.05) is 19.3 Å². The maximum Gasteiger partial charge on any atom is 0.330 e. The van der Waals surface area contributed by atoms with E-state index in [1.807, 2.05) is 36.2 Å². The number of para-hydroxylation sites is 1. The predicted octanol–water partition coefficient (Wildman–Crippen LogP) is -0.0548. The largest absolute Gasteiger partial charge is 0.467 e. The molecule has 0 bridgehead atoms. The third kappa shape index (κ3) is 3.33. The lowest BCUT2D eigenvalue weighted by Crippen LogP contribution is -2.49. The molecular formula is C15H20N2O4. The van der Waals surface area contributed by atoms with Gasteiger partial charge in [-0.25, -0.2) is 4.79 Å². The summed E-state index contributed by atoms with van der Waals surface area (Å²) >= 11 is 0. The number of nitrogens with one attached hydrogen (secondary N) is 1. The first-order valence-electron chi connectivity index (χ1n) is 6.85. The average molecular weight is 292 g/mol.